The summed E-state index contributed by atoms with van der Waals surface area (Å²) in [5.41, 5.74) is 6.68. The molecule has 0 unspecified atom stereocenters. The van der Waals surface area contributed by atoms with E-state index < -0.39 is 11.9 Å². The van der Waals surface area contributed by atoms with Gasteiger partial charge in [-0.1, -0.05) is 23.7 Å². The Kier molecular flexibility index (Phi) is 4.59. The van der Waals surface area contributed by atoms with E-state index in [0.29, 0.717) is 10.4 Å². The van der Waals surface area contributed by atoms with Crippen molar-refractivity contribution in [3.8, 4) is 17.0 Å². The van der Waals surface area contributed by atoms with Gasteiger partial charge in [0.25, 0.3) is 5.91 Å². The quantitative estimate of drug-likeness (QED) is 0.741. The number of hydrogen-bond acceptors (Lipinski definition) is 6. The Hall–Kier alpha value is -2.71. The van der Waals surface area contributed by atoms with Crippen molar-refractivity contribution in [3.63, 3.8) is 0 Å². The number of aromatic nitrogens is 2. The zero-order valence-electron chi connectivity index (χ0n) is 12.2. The van der Waals surface area contributed by atoms with Crippen molar-refractivity contribution in [2.45, 2.75) is 0 Å². The molecule has 0 bridgehead atoms. The maximum atomic E-state index is 11.5. The Morgan fingerprint density at radius 1 is 1.25 bits per heavy atom. The number of nitrogens with zero attached hydrogens (tertiary/aromatic N) is 2. The highest BCUT2D eigenvalue weighted by molar-refractivity contribution is 7.17. The molecule has 3 rings (SSSR count). The number of hydrogen-bond donors (Lipinski definition) is 2. The molecule has 3 amide bonds. The van der Waals surface area contributed by atoms with Crippen LogP contribution in [0.1, 0.15) is 0 Å². The summed E-state index contributed by atoms with van der Waals surface area (Å²) in [6.07, 6.45) is 1.35. The Bertz CT molecular complexity index is 911. The van der Waals surface area contributed by atoms with Crippen LogP contribution in [0.25, 0.3) is 21.3 Å². The van der Waals surface area contributed by atoms with Crippen LogP contribution in [0.3, 0.4) is 0 Å². The molecule has 0 saturated heterocycles. The molecule has 0 fully saturated rings. The van der Waals surface area contributed by atoms with Gasteiger partial charge in [-0.05, 0) is 17.7 Å². The van der Waals surface area contributed by atoms with E-state index in [2.05, 4.69) is 9.97 Å². The van der Waals surface area contributed by atoms with Gasteiger partial charge >= 0.3 is 6.03 Å². The van der Waals surface area contributed by atoms with Gasteiger partial charge in [-0.3, -0.25) is 10.1 Å². The molecule has 0 spiro atoms. The molecule has 3 N–H and O–H groups in total. The normalized spacial score (nSPS) is 10.5. The molecule has 2 heterocycles. The third-order valence-electron chi connectivity index (χ3n) is 3.09. The maximum absolute atomic E-state index is 11.5. The maximum Gasteiger partial charge on any atom is 0.318 e. The molecule has 7 nitrogen and oxygen atoms in total. The van der Waals surface area contributed by atoms with E-state index in [1.165, 1.54) is 17.7 Å². The predicted octanol–water partition coefficient (Wildman–Crippen LogP) is 2.59. The molecule has 24 heavy (non-hydrogen) atoms. The molecule has 0 aliphatic heterocycles. The SMILES string of the molecule is NC(=O)NC(=O)COc1ncnc2scc(-c3ccc(Cl)cc3)c12. The number of rotatable bonds is 4. The van der Waals surface area contributed by atoms with Crippen LogP contribution in [0.5, 0.6) is 5.88 Å². The number of amides is 3. The number of carbonyl (C=O) groups excluding carboxylic acids is 2. The average Bonchev–Trinajstić information content (AvgIpc) is 2.97. The first-order chi connectivity index (χ1) is 11.5. The molecular weight excluding hydrogens is 352 g/mol. The van der Waals surface area contributed by atoms with Crippen molar-refractivity contribution < 1.29 is 14.3 Å². The van der Waals surface area contributed by atoms with Gasteiger partial charge in [-0.15, -0.1) is 11.3 Å². The number of imide groups is 1. The third-order valence-corrected chi connectivity index (χ3v) is 4.23. The zero-order valence-corrected chi connectivity index (χ0v) is 13.7. The van der Waals surface area contributed by atoms with Crippen molar-refractivity contribution >= 4 is 45.1 Å². The number of ether oxygens (including phenoxy) is 1. The Morgan fingerprint density at radius 3 is 2.71 bits per heavy atom. The Balaban J connectivity index is 1.94. The van der Waals surface area contributed by atoms with Crippen molar-refractivity contribution in [1.82, 2.24) is 15.3 Å². The monoisotopic (exact) mass is 362 g/mol. The predicted molar refractivity (Wildman–Crippen MR) is 91.1 cm³/mol. The van der Waals surface area contributed by atoms with Crippen LogP contribution in [0, 0.1) is 0 Å². The number of urea groups is 1. The highest BCUT2D eigenvalue weighted by Crippen LogP contribution is 2.37. The van der Waals surface area contributed by atoms with Crippen molar-refractivity contribution in [1.29, 1.82) is 0 Å². The summed E-state index contributed by atoms with van der Waals surface area (Å²) < 4.78 is 5.44. The van der Waals surface area contributed by atoms with E-state index >= 15 is 0 Å². The van der Waals surface area contributed by atoms with Crippen LogP contribution < -0.4 is 15.8 Å². The number of carbonyl (C=O) groups is 2. The molecule has 3 aromatic rings. The number of primary amides is 1. The van der Waals surface area contributed by atoms with Crippen LogP contribution >= 0.6 is 22.9 Å². The number of benzene rings is 1. The van der Waals surface area contributed by atoms with E-state index in [0.717, 1.165) is 16.0 Å². The summed E-state index contributed by atoms with van der Waals surface area (Å²) >= 11 is 7.35. The minimum Gasteiger partial charge on any atom is -0.467 e. The summed E-state index contributed by atoms with van der Waals surface area (Å²) in [6, 6.07) is 6.38. The molecule has 122 valence electrons. The van der Waals surface area contributed by atoms with Gasteiger partial charge in [0.05, 0.1) is 5.39 Å². The first-order valence-electron chi connectivity index (χ1n) is 6.75. The number of fused-ring (bicyclic) bond motifs is 1. The van der Waals surface area contributed by atoms with Crippen LogP contribution in [-0.4, -0.2) is 28.5 Å². The second-order valence-electron chi connectivity index (χ2n) is 4.72. The average molecular weight is 363 g/mol. The Morgan fingerprint density at radius 2 is 2.00 bits per heavy atom. The molecule has 0 radical (unpaired) electrons. The van der Waals surface area contributed by atoms with Crippen molar-refractivity contribution in [2.24, 2.45) is 5.73 Å². The second kappa shape index (κ2) is 6.81. The minimum atomic E-state index is -0.936. The summed E-state index contributed by atoms with van der Waals surface area (Å²) in [4.78, 5) is 31.2. The second-order valence-corrected chi connectivity index (χ2v) is 6.01. The van der Waals surface area contributed by atoms with Crippen LogP contribution in [-0.2, 0) is 4.79 Å². The highest BCUT2D eigenvalue weighted by atomic mass is 35.5. The summed E-state index contributed by atoms with van der Waals surface area (Å²) in [6.45, 7) is -0.384. The minimum absolute atomic E-state index is 0.255. The lowest BCUT2D eigenvalue weighted by molar-refractivity contribution is -0.121. The van der Waals surface area contributed by atoms with E-state index in [4.69, 9.17) is 22.1 Å². The largest absolute Gasteiger partial charge is 0.467 e. The number of thiophene rings is 1. The molecule has 2 aromatic heterocycles. The van der Waals surface area contributed by atoms with E-state index in [-0.39, 0.29) is 12.5 Å². The van der Waals surface area contributed by atoms with E-state index in [9.17, 15) is 9.59 Å². The molecule has 1 aromatic carbocycles. The molecule has 0 atom stereocenters. The van der Waals surface area contributed by atoms with Gasteiger partial charge in [0.15, 0.2) is 6.61 Å². The van der Waals surface area contributed by atoms with Crippen LogP contribution in [0.4, 0.5) is 4.79 Å². The number of nitrogens with one attached hydrogen (secondary N) is 1. The molecular formula is C15H11ClN4O3S. The molecule has 0 saturated carbocycles. The van der Waals surface area contributed by atoms with Gasteiger partial charge < -0.3 is 10.5 Å². The zero-order chi connectivity index (χ0) is 17.1. The van der Waals surface area contributed by atoms with Crippen molar-refractivity contribution in [3.05, 3.63) is 41.0 Å². The highest BCUT2D eigenvalue weighted by Gasteiger charge is 2.15. The standard InChI is InChI=1S/C15H11ClN4O3S/c16-9-3-1-8(2-4-9)10-6-24-14-12(10)13(18-7-19-14)23-5-11(21)20-15(17)22/h1-4,6-7H,5H2,(H3,17,20,21,22). The third kappa shape index (κ3) is 3.44. The van der Waals surface area contributed by atoms with Gasteiger partial charge in [0.2, 0.25) is 5.88 Å². The van der Waals surface area contributed by atoms with Crippen LogP contribution in [0.2, 0.25) is 5.02 Å². The van der Waals surface area contributed by atoms with Crippen LogP contribution in [0.15, 0.2) is 36.0 Å². The smallest absolute Gasteiger partial charge is 0.318 e. The molecule has 9 heteroatoms. The fourth-order valence-electron chi connectivity index (χ4n) is 2.11. The summed E-state index contributed by atoms with van der Waals surface area (Å²) in [5, 5.41) is 5.18. The van der Waals surface area contributed by atoms with E-state index in [1.54, 1.807) is 12.1 Å². The summed E-state index contributed by atoms with van der Waals surface area (Å²) in [5.74, 6) is -0.400. The first kappa shape index (κ1) is 16.2. The Labute approximate surface area is 145 Å². The molecule has 0 aliphatic carbocycles. The molecule has 0 aliphatic rings. The van der Waals surface area contributed by atoms with Gasteiger partial charge in [0.1, 0.15) is 11.2 Å². The number of nitrogens with two attached hydrogens (primary N) is 1. The number of halogens is 1. The van der Waals surface area contributed by atoms with Gasteiger partial charge in [-0.25, -0.2) is 14.8 Å². The van der Waals surface area contributed by atoms with Crippen molar-refractivity contribution in [2.75, 3.05) is 6.61 Å². The topological polar surface area (TPSA) is 107 Å². The lowest BCUT2D eigenvalue weighted by Gasteiger charge is -2.07. The lowest BCUT2D eigenvalue weighted by Crippen LogP contribution is -2.38. The van der Waals surface area contributed by atoms with E-state index in [1.807, 2.05) is 22.8 Å². The fourth-order valence-corrected chi connectivity index (χ4v) is 3.14. The van der Waals surface area contributed by atoms with Gasteiger partial charge in [0, 0.05) is 16.0 Å². The fraction of sp³-hybridized carbons (Fsp3) is 0.0667. The summed E-state index contributed by atoms with van der Waals surface area (Å²) in [7, 11) is 0. The lowest BCUT2D eigenvalue weighted by atomic mass is 10.1. The first-order valence-corrected chi connectivity index (χ1v) is 8.00. The van der Waals surface area contributed by atoms with Gasteiger partial charge in [-0.2, -0.15) is 0 Å².